The van der Waals surface area contributed by atoms with Crippen molar-refractivity contribution in [3.05, 3.63) is 90.8 Å². The fourth-order valence-electron chi connectivity index (χ4n) is 3.70. The number of aromatic nitrogens is 2. The van der Waals surface area contributed by atoms with Crippen LogP contribution < -0.4 is 19.7 Å². The average Bonchev–Trinajstić information content (AvgIpc) is 3.35. The van der Waals surface area contributed by atoms with Crippen LogP contribution in [0.5, 0.6) is 11.5 Å². The van der Waals surface area contributed by atoms with Gasteiger partial charge in [-0.05, 0) is 42.0 Å². The number of nitrogens with zero attached hydrogens (tertiary/aromatic N) is 3. The van der Waals surface area contributed by atoms with Gasteiger partial charge in [-0.1, -0.05) is 42.5 Å². The van der Waals surface area contributed by atoms with Gasteiger partial charge >= 0.3 is 0 Å². The van der Waals surface area contributed by atoms with Gasteiger partial charge in [0.05, 0.1) is 19.9 Å². The Hall–Kier alpha value is -4.26. The summed E-state index contributed by atoms with van der Waals surface area (Å²) in [5.41, 5.74) is 3.83. The van der Waals surface area contributed by atoms with Crippen LogP contribution in [0.25, 0.3) is 16.8 Å². The van der Waals surface area contributed by atoms with Crippen molar-refractivity contribution in [3.8, 4) is 28.3 Å². The van der Waals surface area contributed by atoms with Gasteiger partial charge in [0.2, 0.25) is 0 Å². The Bertz CT molecular complexity index is 1240. The Morgan fingerprint density at radius 3 is 2.29 bits per heavy atom. The number of carbonyl (C=O) groups is 1. The van der Waals surface area contributed by atoms with Gasteiger partial charge in [-0.3, -0.25) is 4.79 Å². The lowest BCUT2D eigenvalue weighted by Gasteiger charge is -2.19. The maximum Gasteiger partial charge on any atom is 0.272 e. The number of hydrogen-bond donors (Lipinski definition) is 1. The molecule has 7 heteroatoms. The van der Waals surface area contributed by atoms with Gasteiger partial charge in [-0.15, -0.1) is 0 Å². The lowest BCUT2D eigenvalue weighted by atomic mass is 10.1. The molecule has 0 bridgehead atoms. The van der Waals surface area contributed by atoms with E-state index in [9.17, 15) is 4.79 Å². The number of para-hydroxylation sites is 2. The molecule has 0 aliphatic carbocycles. The minimum Gasteiger partial charge on any atom is -0.493 e. The molecule has 0 saturated carbocycles. The molecule has 0 spiro atoms. The highest BCUT2D eigenvalue weighted by atomic mass is 16.5. The second kappa shape index (κ2) is 10.6. The third-order valence-electron chi connectivity index (χ3n) is 5.57. The summed E-state index contributed by atoms with van der Waals surface area (Å²) < 4.78 is 12.5. The molecule has 1 amide bonds. The maximum absolute atomic E-state index is 13.2. The summed E-state index contributed by atoms with van der Waals surface area (Å²) in [6.07, 6.45) is 1.86. The van der Waals surface area contributed by atoms with Crippen LogP contribution in [0, 0.1) is 0 Å². The molecule has 0 fully saturated rings. The summed E-state index contributed by atoms with van der Waals surface area (Å²) in [4.78, 5) is 15.3. The van der Waals surface area contributed by atoms with Gasteiger partial charge in [0.15, 0.2) is 17.2 Å². The van der Waals surface area contributed by atoms with Crippen LogP contribution in [0.4, 0.5) is 5.69 Å². The summed E-state index contributed by atoms with van der Waals surface area (Å²) in [6, 6.07) is 25.3. The second-order valence-electron chi connectivity index (χ2n) is 7.75. The van der Waals surface area contributed by atoms with E-state index in [2.05, 4.69) is 15.3 Å². The first-order valence-electron chi connectivity index (χ1n) is 11.0. The van der Waals surface area contributed by atoms with Gasteiger partial charge < -0.3 is 19.7 Å². The molecule has 1 heterocycles. The van der Waals surface area contributed by atoms with E-state index in [4.69, 9.17) is 9.47 Å². The predicted molar refractivity (Wildman–Crippen MR) is 134 cm³/mol. The number of methoxy groups -OCH3 is 2. The molecule has 0 atom stereocenters. The highest BCUT2D eigenvalue weighted by molar-refractivity contribution is 5.99. The number of likely N-dealkylation sites (N-methyl/N-ethyl adjacent to an activating group) is 1. The fraction of sp³-hybridized carbons (Fsp3) is 0.185. The fourth-order valence-corrected chi connectivity index (χ4v) is 3.70. The van der Waals surface area contributed by atoms with E-state index in [1.807, 2.05) is 92.1 Å². The lowest BCUT2D eigenvalue weighted by molar-refractivity contribution is 0.0950. The number of carbonyl (C=O) groups excluding carboxylic acids is 1. The maximum atomic E-state index is 13.2. The minimum atomic E-state index is -0.235. The second-order valence-corrected chi connectivity index (χ2v) is 7.75. The topological polar surface area (TPSA) is 68.6 Å². The Balaban J connectivity index is 1.60. The van der Waals surface area contributed by atoms with E-state index in [0.717, 1.165) is 16.9 Å². The first kappa shape index (κ1) is 22.9. The van der Waals surface area contributed by atoms with Crippen LogP contribution in [-0.2, 0) is 0 Å². The molecule has 4 aromatic rings. The van der Waals surface area contributed by atoms with E-state index in [0.29, 0.717) is 35.8 Å². The monoisotopic (exact) mass is 456 g/mol. The van der Waals surface area contributed by atoms with Crippen molar-refractivity contribution < 1.29 is 14.3 Å². The zero-order valence-electron chi connectivity index (χ0n) is 19.6. The van der Waals surface area contributed by atoms with Crippen LogP contribution >= 0.6 is 0 Å². The number of benzene rings is 3. The van der Waals surface area contributed by atoms with Crippen LogP contribution in [0.3, 0.4) is 0 Å². The highest BCUT2D eigenvalue weighted by Crippen LogP contribution is 2.34. The smallest absolute Gasteiger partial charge is 0.272 e. The number of hydrogen-bond acceptors (Lipinski definition) is 5. The minimum absolute atomic E-state index is 0.235. The lowest BCUT2D eigenvalue weighted by Crippen LogP contribution is -2.33. The predicted octanol–water partition coefficient (Wildman–Crippen LogP) is 4.42. The zero-order chi connectivity index (χ0) is 23.9. The Kier molecular flexibility index (Phi) is 7.13. The number of ether oxygens (including phenoxy) is 2. The Labute approximate surface area is 199 Å². The van der Waals surface area contributed by atoms with Crippen molar-refractivity contribution in [1.82, 2.24) is 15.1 Å². The molecule has 0 radical (unpaired) electrons. The summed E-state index contributed by atoms with van der Waals surface area (Å²) in [6.45, 7) is 1.15. The standard InChI is InChI=1S/C27H28N4O3/c1-30(21-10-6-4-7-11-21)17-16-28-27(32)26-23(19-31(29-26)22-12-8-5-9-13-22)20-14-15-24(33-2)25(18-20)34-3/h4-15,18-19H,16-17H2,1-3H3,(H,28,32). The molecule has 0 saturated heterocycles. The van der Waals surface area contributed by atoms with Crippen LogP contribution in [0.15, 0.2) is 85.1 Å². The average molecular weight is 457 g/mol. The van der Waals surface area contributed by atoms with Crippen LogP contribution in [-0.4, -0.2) is 50.0 Å². The normalized spacial score (nSPS) is 10.6. The Morgan fingerprint density at radius 2 is 1.62 bits per heavy atom. The molecular formula is C27H28N4O3. The van der Waals surface area contributed by atoms with E-state index in [1.165, 1.54) is 0 Å². The third kappa shape index (κ3) is 5.04. The molecule has 174 valence electrons. The van der Waals surface area contributed by atoms with Crippen molar-refractivity contribution in [1.29, 1.82) is 0 Å². The van der Waals surface area contributed by atoms with Gasteiger partial charge in [0.1, 0.15) is 0 Å². The molecule has 0 unspecified atom stereocenters. The van der Waals surface area contributed by atoms with Gasteiger partial charge in [0.25, 0.3) is 5.91 Å². The summed E-state index contributed by atoms with van der Waals surface area (Å²) in [5.74, 6) is 0.973. The number of rotatable bonds is 9. The van der Waals surface area contributed by atoms with Crippen molar-refractivity contribution >= 4 is 11.6 Å². The quantitative estimate of drug-likeness (QED) is 0.404. The summed E-state index contributed by atoms with van der Waals surface area (Å²) in [7, 11) is 5.18. The van der Waals surface area contributed by atoms with Crippen molar-refractivity contribution in [2.45, 2.75) is 0 Å². The SMILES string of the molecule is COc1ccc(-c2cn(-c3ccccc3)nc2C(=O)NCCN(C)c2ccccc2)cc1OC. The van der Waals surface area contributed by atoms with E-state index >= 15 is 0 Å². The Morgan fingerprint density at radius 1 is 0.941 bits per heavy atom. The molecule has 7 nitrogen and oxygen atoms in total. The molecule has 1 N–H and O–H groups in total. The molecule has 3 aromatic carbocycles. The zero-order valence-corrected chi connectivity index (χ0v) is 19.6. The van der Waals surface area contributed by atoms with Crippen LogP contribution in [0.2, 0.25) is 0 Å². The summed E-state index contributed by atoms with van der Waals surface area (Å²) in [5, 5.41) is 7.64. The number of amides is 1. The van der Waals surface area contributed by atoms with Crippen LogP contribution in [0.1, 0.15) is 10.5 Å². The molecule has 0 aliphatic heterocycles. The van der Waals surface area contributed by atoms with Crippen molar-refractivity contribution in [3.63, 3.8) is 0 Å². The highest BCUT2D eigenvalue weighted by Gasteiger charge is 2.20. The molecule has 0 aliphatic rings. The van der Waals surface area contributed by atoms with Gasteiger partial charge in [-0.2, -0.15) is 5.10 Å². The largest absolute Gasteiger partial charge is 0.493 e. The van der Waals surface area contributed by atoms with Crippen molar-refractivity contribution in [2.75, 3.05) is 39.3 Å². The first-order chi connectivity index (χ1) is 16.6. The van der Waals surface area contributed by atoms with E-state index in [1.54, 1.807) is 18.9 Å². The van der Waals surface area contributed by atoms with E-state index < -0.39 is 0 Å². The van der Waals surface area contributed by atoms with Crippen molar-refractivity contribution in [2.24, 2.45) is 0 Å². The number of nitrogens with one attached hydrogen (secondary N) is 1. The van der Waals surface area contributed by atoms with Gasteiger partial charge in [-0.25, -0.2) is 4.68 Å². The molecule has 1 aromatic heterocycles. The molecule has 34 heavy (non-hydrogen) atoms. The third-order valence-corrected chi connectivity index (χ3v) is 5.57. The number of anilines is 1. The van der Waals surface area contributed by atoms with E-state index in [-0.39, 0.29) is 5.91 Å². The van der Waals surface area contributed by atoms with Gasteiger partial charge in [0, 0.05) is 37.6 Å². The molecule has 4 rings (SSSR count). The summed E-state index contributed by atoms with van der Waals surface area (Å²) >= 11 is 0. The first-order valence-corrected chi connectivity index (χ1v) is 11.0. The molecular weight excluding hydrogens is 428 g/mol.